The number of ether oxygens (including phenoxy) is 1. The van der Waals surface area contributed by atoms with Crippen LogP contribution in [0, 0.1) is 0 Å². The highest BCUT2D eigenvalue weighted by atomic mass is 79.9. The molecule has 0 bridgehead atoms. The molecule has 0 saturated carbocycles. The maximum atomic E-state index is 13.7. The van der Waals surface area contributed by atoms with Crippen molar-refractivity contribution >= 4 is 49.6 Å². The van der Waals surface area contributed by atoms with E-state index in [1.54, 1.807) is 49.6 Å². The summed E-state index contributed by atoms with van der Waals surface area (Å²) < 4.78 is 13.3. The summed E-state index contributed by atoms with van der Waals surface area (Å²) in [6, 6.07) is 19.4. The Morgan fingerprint density at radius 2 is 1.76 bits per heavy atom. The molecule has 0 amide bonds. The molecule has 164 valence electrons. The van der Waals surface area contributed by atoms with E-state index in [9.17, 15) is 9.59 Å². The van der Waals surface area contributed by atoms with Crippen LogP contribution in [0.25, 0.3) is 33.5 Å². The van der Waals surface area contributed by atoms with Crippen LogP contribution in [0.15, 0.2) is 85.2 Å². The van der Waals surface area contributed by atoms with Crippen LogP contribution < -0.4 is 15.7 Å². The molecule has 0 saturated heterocycles. The Hall–Kier alpha value is -3.42. The molecule has 0 unspecified atom stereocenters. The van der Waals surface area contributed by atoms with Gasteiger partial charge in [0.1, 0.15) is 17.2 Å². The van der Waals surface area contributed by atoms with Crippen molar-refractivity contribution < 1.29 is 9.15 Å². The molecule has 0 radical (unpaired) electrons. The maximum absolute atomic E-state index is 13.7. The Balaban J connectivity index is 1.81. The third-order valence-corrected chi connectivity index (χ3v) is 6.10. The predicted octanol–water partition coefficient (Wildman–Crippen LogP) is 5.64. The summed E-state index contributed by atoms with van der Waals surface area (Å²) in [5.41, 5.74) is 0.980. The first kappa shape index (κ1) is 21.4. The maximum Gasteiger partial charge on any atom is 0.269 e. The van der Waals surface area contributed by atoms with Crippen molar-refractivity contribution in [1.82, 2.24) is 9.55 Å². The number of fused-ring (bicyclic) bond motifs is 2. The monoisotopic (exact) mass is 522 g/mol. The van der Waals surface area contributed by atoms with E-state index in [-0.39, 0.29) is 17.6 Å². The number of methoxy groups -OCH3 is 1. The van der Waals surface area contributed by atoms with Crippen molar-refractivity contribution in [3.8, 4) is 17.1 Å². The molecule has 0 aliphatic carbocycles. The summed E-state index contributed by atoms with van der Waals surface area (Å²) in [4.78, 5) is 31.6. The third-order valence-electron chi connectivity index (χ3n) is 5.36. The zero-order valence-corrected chi connectivity index (χ0v) is 19.7. The molecule has 8 heteroatoms. The van der Waals surface area contributed by atoms with Crippen LogP contribution in [0.3, 0.4) is 0 Å². The molecule has 2 aromatic heterocycles. The molecule has 0 spiro atoms. The second-order valence-corrected chi connectivity index (χ2v) is 8.79. The summed E-state index contributed by atoms with van der Waals surface area (Å²) in [6.45, 7) is 0.208. The molecule has 0 atom stereocenters. The molecule has 0 aliphatic rings. The van der Waals surface area contributed by atoms with E-state index in [0.717, 1.165) is 5.56 Å². The number of hydrogen-bond donors (Lipinski definition) is 0. The highest BCUT2D eigenvalue weighted by Crippen LogP contribution is 2.24. The average molecular weight is 524 g/mol. The van der Waals surface area contributed by atoms with Gasteiger partial charge in [-0.15, -0.1) is 0 Å². The first-order chi connectivity index (χ1) is 15.9. The number of benzene rings is 3. The lowest BCUT2D eigenvalue weighted by Gasteiger charge is -2.14. The van der Waals surface area contributed by atoms with Gasteiger partial charge in [0.25, 0.3) is 5.56 Å². The zero-order valence-electron chi connectivity index (χ0n) is 17.3. The van der Waals surface area contributed by atoms with Crippen molar-refractivity contribution in [2.45, 2.75) is 6.54 Å². The SMILES string of the molecule is COc1ccc(Cn2c(-c3ccc(Cl)cc3)nc3oc4ccc(Br)cc4c(=O)c3c2=O)cc1. The lowest BCUT2D eigenvalue weighted by Crippen LogP contribution is -2.28. The largest absolute Gasteiger partial charge is 0.497 e. The summed E-state index contributed by atoms with van der Waals surface area (Å²) in [5, 5.41) is 0.782. The Labute approximate surface area is 201 Å². The second kappa shape index (κ2) is 8.50. The molecule has 33 heavy (non-hydrogen) atoms. The topological polar surface area (TPSA) is 74.3 Å². The Bertz CT molecular complexity index is 1620. The fraction of sp³-hybridized carbons (Fsp3) is 0.0800. The Kier molecular flexibility index (Phi) is 5.52. The lowest BCUT2D eigenvalue weighted by atomic mass is 10.1. The van der Waals surface area contributed by atoms with Crippen LogP contribution in [-0.2, 0) is 6.54 Å². The van der Waals surface area contributed by atoms with Gasteiger partial charge in [-0.2, -0.15) is 4.98 Å². The molecule has 0 N–H and O–H groups in total. The van der Waals surface area contributed by atoms with E-state index in [1.165, 1.54) is 4.57 Å². The van der Waals surface area contributed by atoms with E-state index in [2.05, 4.69) is 20.9 Å². The highest BCUT2D eigenvalue weighted by Gasteiger charge is 2.19. The van der Waals surface area contributed by atoms with Gasteiger partial charge in [-0.3, -0.25) is 14.2 Å². The summed E-state index contributed by atoms with van der Waals surface area (Å²) in [5.74, 6) is 1.08. The van der Waals surface area contributed by atoms with Gasteiger partial charge in [0.15, 0.2) is 5.39 Å². The molecule has 0 aliphatic heterocycles. The second-order valence-electron chi connectivity index (χ2n) is 7.43. The smallest absolute Gasteiger partial charge is 0.269 e. The van der Waals surface area contributed by atoms with Crippen LogP contribution in [0.5, 0.6) is 5.75 Å². The number of halogens is 2. The van der Waals surface area contributed by atoms with Gasteiger partial charge < -0.3 is 9.15 Å². The lowest BCUT2D eigenvalue weighted by molar-refractivity contribution is 0.414. The van der Waals surface area contributed by atoms with Crippen LogP contribution in [0.4, 0.5) is 0 Å². The Morgan fingerprint density at radius 3 is 2.45 bits per heavy atom. The number of hydrogen-bond acceptors (Lipinski definition) is 5. The van der Waals surface area contributed by atoms with Gasteiger partial charge in [0.2, 0.25) is 11.1 Å². The van der Waals surface area contributed by atoms with E-state index >= 15 is 0 Å². The Morgan fingerprint density at radius 1 is 1.03 bits per heavy atom. The quantitative estimate of drug-likeness (QED) is 0.285. The van der Waals surface area contributed by atoms with Crippen molar-refractivity contribution in [1.29, 1.82) is 0 Å². The van der Waals surface area contributed by atoms with E-state index in [4.69, 9.17) is 20.8 Å². The molecular weight excluding hydrogens is 508 g/mol. The minimum absolute atomic E-state index is 0.00393. The molecular formula is C25H16BrClN2O4. The first-order valence-electron chi connectivity index (χ1n) is 10.0. The minimum atomic E-state index is -0.476. The molecule has 2 heterocycles. The summed E-state index contributed by atoms with van der Waals surface area (Å²) >= 11 is 9.43. The number of aromatic nitrogens is 2. The standard InChI is InChI=1S/C25H16BrClN2O4/c1-32-18-9-2-14(3-10-18)13-29-23(15-4-7-17(27)8-5-15)28-24-21(25(29)31)22(30)19-12-16(26)6-11-20(19)33-24/h2-12H,13H2,1H3. The summed E-state index contributed by atoms with van der Waals surface area (Å²) in [7, 11) is 1.59. The van der Waals surface area contributed by atoms with Gasteiger partial charge in [0.05, 0.1) is 19.0 Å². The fourth-order valence-electron chi connectivity index (χ4n) is 3.69. The number of nitrogens with zero attached hydrogens (tertiary/aromatic N) is 2. The number of rotatable bonds is 4. The molecule has 0 fully saturated rings. The third kappa shape index (κ3) is 3.94. The van der Waals surface area contributed by atoms with Gasteiger partial charge in [-0.25, -0.2) is 0 Å². The van der Waals surface area contributed by atoms with Crippen LogP contribution in [0.2, 0.25) is 5.02 Å². The van der Waals surface area contributed by atoms with Crippen LogP contribution in [-0.4, -0.2) is 16.7 Å². The van der Waals surface area contributed by atoms with E-state index in [1.807, 2.05) is 24.3 Å². The molecule has 5 rings (SSSR count). The normalized spacial score (nSPS) is 11.2. The van der Waals surface area contributed by atoms with Gasteiger partial charge in [-0.1, -0.05) is 39.7 Å². The molecule has 5 aromatic rings. The average Bonchev–Trinajstić information content (AvgIpc) is 2.82. The minimum Gasteiger partial charge on any atom is -0.497 e. The van der Waals surface area contributed by atoms with Gasteiger partial charge in [-0.05, 0) is 60.2 Å². The van der Waals surface area contributed by atoms with E-state index < -0.39 is 11.0 Å². The van der Waals surface area contributed by atoms with E-state index in [0.29, 0.717) is 37.6 Å². The van der Waals surface area contributed by atoms with Crippen molar-refractivity contribution in [3.63, 3.8) is 0 Å². The van der Waals surface area contributed by atoms with Crippen molar-refractivity contribution in [2.24, 2.45) is 0 Å². The first-order valence-corrected chi connectivity index (χ1v) is 11.2. The van der Waals surface area contributed by atoms with Gasteiger partial charge >= 0.3 is 0 Å². The fourth-order valence-corrected chi connectivity index (χ4v) is 4.18. The zero-order chi connectivity index (χ0) is 23.1. The van der Waals surface area contributed by atoms with Crippen molar-refractivity contribution in [3.05, 3.63) is 102 Å². The highest BCUT2D eigenvalue weighted by molar-refractivity contribution is 9.10. The van der Waals surface area contributed by atoms with Crippen LogP contribution >= 0.6 is 27.5 Å². The summed E-state index contributed by atoms with van der Waals surface area (Å²) in [6.07, 6.45) is 0. The van der Waals surface area contributed by atoms with Crippen molar-refractivity contribution in [2.75, 3.05) is 7.11 Å². The predicted molar refractivity (Wildman–Crippen MR) is 132 cm³/mol. The van der Waals surface area contributed by atoms with Crippen LogP contribution in [0.1, 0.15) is 5.56 Å². The molecule has 6 nitrogen and oxygen atoms in total. The molecule has 3 aromatic carbocycles. The van der Waals surface area contributed by atoms with Gasteiger partial charge in [0, 0.05) is 15.1 Å².